The molecule has 0 aromatic heterocycles. The molecule has 1 aliphatic carbocycles. The molecule has 1 amide bonds. The third-order valence-corrected chi connectivity index (χ3v) is 7.43. The molecule has 1 aromatic carbocycles. The van der Waals surface area contributed by atoms with Gasteiger partial charge in [-0.25, -0.2) is 8.42 Å². The molecule has 6 nitrogen and oxygen atoms in total. The lowest BCUT2D eigenvalue weighted by Gasteiger charge is -2.34. The van der Waals surface area contributed by atoms with E-state index in [1.54, 1.807) is 12.1 Å². The fourth-order valence-corrected chi connectivity index (χ4v) is 5.71. The number of carbonyl (C=O) groups excluding carboxylic acids is 1. The van der Waals surface area contributed by atoms with Crippen LogP contribution in [0, 0.1) is 0 Å². The molecule has 0 bridgehead atoms. The van der Waals surface area contributed by atoms with Gasteiger partial charge in [0.25, 0.3) is 5.91 Å². The van der Waals surface area contributed by atoms with E-state index in [0.29, 0.717) is 18.7 Å². The Hall–Kier alpha value is -1.44. The Balaban J connectivity index is 1.65. The van der Waals surface area contributed by atoms with E-state index in [0.717, 1.165) is 25.7 Å². The SMILES string of the molecule is C[C@H]1CN(S(=O)(=O)c2ccc(C(=O)NC3CCCCCCC3)cc2)C[C@H](C)O1. The summed E-state index contributed by atoms with van der Waals surface area (Å²) in [5, 5.41) is 3.12. The second-order valence-electron chi connectivity index (χ2n) is 8.12. The summed E-state index contributed by atoms with van der Waals surface area (Å²) in [6, 6.07) is 6.50. The standard InChI is InChI=1S/C21H32N2O4S/c1-16-14-23(15-17(2)27-16)28(25,26)20-12-10-18(11-13-20)21(24)22-19-8-6-4-3-5-7-9-19/h10-13,16-17,19H,3-9,14-15H2,1-2H3,(H,22,24)/t16-,17-/m0/s1. The fraction of sp³-hybridized carbons (Fsp3) is 0.667. The molecule has 1 heterocycles. The van der Waals surface area contributed by atoms with Crippen LogP contribution in [-0.4, -0.2) is 50.0 Å². The van der Waals surface area contributed by atoms with E-state index in [4.69, 9.17) is 4.74 Å². The zero-order valence-electron chi connectivity index (χ0n) is 16.9. The maximum absolute atomic E-state index is 12.9. The molecule has 7 heteroatoms. The Bertz CT molecular complexity index is 745. The van der Waals surface area contributed by atoms with Gasteiger partial charge < -0.3 is 10.1 Å². The van der Waals surface area contributed by atoms with E-state index in [1.807, 2.05) is 13.8 Å². The topological polar surface area (TPSA) is 75.7 Å². The third kappa shape index (κ3) is 5.33. The molecule has 1 aromatic rings. The highest BCUT2D eigenvalue weighted by Gasteiger charge is 2.32. The molecule has 1 aliphatic heterocycles. The zero-order valence-corrected chi connectivity index (χ0v) is 17.7. The van der Waals surface area contributed by atoms with Crippen LogP contribution in [0.4, 0.5) is 0 Å². The van der Waals surface area contributed by atoms with Gasteiger partial charge >= 0.3 is 0 Å². The number of benzene rings is 1. The van der Waals surface area contributed by atoms with Crippen molar-refractivity contribution in [2.24, 2.45) is 0 Å². The van der Waals surface area contributed by atoms with Crippen molar-refractivity contribution in [1.82, 2.24) is 9.62 Å². The number of nitrogens with zero attached hydrogens (tertiary/aromatic N) is 1. The normalized spacial score (nSPS) is 25.6. The highest BCUT2D eigenvalue weighted by Crippen LogP contribution is 2.22. The highest BCUT2D eigenvalue weighted by atomic mass is 32.2. The van der Waals surface area contributed by atoms with Crippen molar-refractivity contribution in [2.75, 3.05) is 13.1 Å². The van der Waals surface area contributed by atoms with Gasteiger partial charge in [-0.15, -0.1) is 0 Å². The summed E-state index contributed by atoms with van der Waals surface area (Å²) in [5.74, 6) is -0.122. The molecular formula is C21H32N2O4S. The highest BCUT2D eigenvalue weighted by molar-refractivity contribution is 7.89. The van der Waals surface area contributed by atoms with Crippen LogP contribution in [0.5, 0.6) is 0 Å². The molecule has 156 valence electrons. The van der Waals surface area contributed by atoms with E-state index in [-0.39, 0.29) is 29.1 Å². The summed E-state index contributed by atoms with van der Waals surface area (Å²) in [4.78, 5) is 12.8. The number of sulfonamides is 1. The van der Waals surface area contributed by atoms with Crippen LogP contribution in [-0.2, 0) is 14.8 Å². The van der Waals surface area contributed by atoms with Crippen LogP contribution in [0.3, 0.4) is 0 Å². The average molecular weight is 409 g/mol. The summed E-state index contributed by atoms with van der Waals surface area (Å²) < 4.78 is 32.9. The lowest BCUT2D eigenvalue weighted by molar-refractivity contribution is -0.0440. The molecule has 0 unspecified atom stereocenters. The number of rotatable bonds is 4. The fourth-order valence-electron chi connectivity index (χ4n) is 4.12. The number of carbonyl (C=O) groups is 1. The van der Waals surface area contributed by atoms with Crippen LogP contribution in [0.1, 0.15) is 69.2 Å². The zero-order chi connectivity index (χ0) is 20.1. The Morgan fingerprint density at radius 3 is 2.07 bits per heavy atom. The minimum Gasteiger partial charge on any atom is -0.373 e. The van der Waals surface area contributed by atoms with E-state index in [2.05, 4.69) is 5.32 Å². The average Bonchev–Trinajstić information content (AvgIpc) is 2.63. The van der Waals surface area contributed by atoms with Gasteiger partial charge in [0.1, 0.15) is 0 Å². The largest absolute Gasteiger partial charge is 0.373 e. The molecule has 1 saturated heterocycles. The van der Waals surface area contributed by atoms with Gasteiger partial charge in [0.05, 0.1) is 17.1 Å². The van der Waals surface area contributed by atoms with Gasteiger partial charge in [-0.2, -0.15) is 4.31 Å². The van der Waals surface area contributed by atoms with Gasteiger partial charge in [-0.05, 0) is 51.0 Å². The number of amides is 1. The molecule has 2 atom stereocenters. The van der Waals surface area contributed by atoms with Crippen molar-refractivity contribution in [3.05, 3.63) is 29.8 Å². The van der Waals surface area contributed by atoms with Crippen molar-refractivity contribution >= 4 is 15.9 Å². The lowest BCUT2D eigenvalue weighted by atomic mass is 9.96. The Labute approximate surface area is 168 Å². The number of hydrogen-bond donors (Lipinski definition) is 1. The second kappa shape index (κ2) is 9.37. The van der Waals surface area contributed by atoms with Crippen molar-refractivity contribution in [1.29, 1.82) is 0 Å². The second-order valence-corrected chi connectivity index (χ2v) is 10.1. The molecule has 1 N–H and O–H groups in total. The van der Waals surface area contributed by atoms with Crippen LogP contribution in [0.2, 0.25) is 0 Å². The van der Waals surface area contributed by atoms with Crippen molar-refractivity contribution in [3.63, 3.8) is 0 Å². The first-order chi connectivity index (χ1) is 13.4. The van der Waals surface area contributed by atoms with Crippen LogP contribution in [0.15, 0.2) is 29.2 Å². The summed E-state index contributed by atoms with van der Waals surface area (Å²) in [6.45, 7) is 4.44. The predicted octanol–water partition coefficient (Wildman–Crippen LogP) is 3.33. The Kier molecular flexibility index (Phi) is 7.12. The minimum atomic E-state index is -3.58. The molecule has 1 saturated carbocycles. The Morgan fingerprint density at radius 1 is 0.964 bits per heavy atom. The van der Waals surface area contributed by atoms with Crippen molar-refractivity contribution in [3.8, 4) is 0 Å². The summed E-state index contributed by atoms with van der Waals surface area (Å²) in [7, 11) is -3.58. The van der Waals surface area contributed by atoms with Gasteiger partial charge in [-0.1, -0.05) is 32.1 Å². The predicted molar refractivity (Wildman–Crippen MR) is 109 cm³/mol. The van der Waals surface area contributed by atoms with Crippen molar-refractivity contribution in [2.45, 2.75) is 81.9 Å². The molecule has 0 radical (unpaired) electrons. The van der Waals surface area contributed by atoms with E-state index in [9.17, 15) is 13.2 Å². The first-order valence-corrected chi connectivity index (χ1v) is 11.9. The van der Waals surface area contributed by atoms with Crippen LogP contribution in [0.25, 0.3) is 0 Å². The van der Waals surface area contributed by atoms with Gasteiger partial charge in [0, 0.05) is 24.7 Å². The molecule has 0 spiro atoms. The minimum absolute atomic E-state index is 0.122. The summed E-state index contributed by atoms with van der Waals surface area (Å²) in [6.07, 6.45) is 7.83. The number of hydrogen-bond acceptors (Lipinski definition) is 4. The van der Waals surface area contributed by atoms with Gasteiger partial charge in [-0.3, -0.25) is 4.79 Å². The van der Waals surface area contributed by atoms with Crippen LogP contribution < -0.4 is 5.32 Å². The van der Waals surface area contributed by atoms with Gasteiger partial charge in [0.15, 0.2) is 0 Å². The number of morpholine rings is 1. The molecular weight excluding hydrogens is 376 g/mol. The quantitative estimate of drug-likeness (QED) is 0.829. The number of nitrogens with one attached hydrogen (secondary N) is 1. The molecule has 28 heavy (non-hydrogen) atoms. The first kappa shape index (κ1) is 21.3. The lowest BCUT2D eigenvalue weighted by Crippen LogP contribution is -2.48. The van der Waals surface area contributed by atoms with E-state index >= 15 is 0 Å². The van der Waals surface area contributed by atoms with E-state index < -0.39 is 10.0 Å². The number of ether oxygens (including phenoxy) is 1. The maximum atomic E-state index is 12.9. The molecule has 3 rings (SSSR count). The van der Waals surface area contributed by atoms with Crippen molar-refractivity contribution < 1.29 is 17.9 Å². The third-order valence-electron chi connectivity index (χ3n) is 5.58. The summed E-state index contributed by atoms with van der Waals surface area (Å²) >= 11 is 0. The molecule has 2 fully saturated rings. The monoisotopic (exact) mass is 408 g/mol. The molecule has 2 aliphatic rings. The summed E-state index contributed by atoms with van der Waals surface area (Å²) in [5.41, 5.74) is 0.504. The van der Waals surface area contributed by atoms with Gasteiger partial charge in [0.2, 0.25) is 10.0 Å². The first-order valence-electron chi connectivity index (χ1n) is 10.4. The Morgan fingerprint density at radius 2 is 1.50 bits per heavy atom. The maximum Gasteiger partial charge on any atom is 0.251 e. The van der Waals surface area contributed by atoms with E-state index in [1.165, 1.54) is 35.7 Å². The van der Waals surface area contributed by atoms with Crippen LogP contribution >= 0.6 is 0 Å². The smallest absolute Gasteiger partial charge is 0.251 e.